The Bertz CT molecular complexity index is 559. The lowest BCUT2D eigenvalue weighted by atomic mass is 9.74. The second kappa shape index (κ2) is 10.00. The first-order valence-corrected chi connectivity index (χ1v) is 9.35. The summed E-state index contributed by atoms with van der Waals surface area (Å²) >= 11 is 6.51. The van der Waals surface area contributed by atoms with Gasteiger partial charge in [0.2, 0.25) is 0 Å². The van der Waals surface area contributed by atoms with Gasteiger partial charge >= 0.3 is 0 Å². The molecule has 1 saturated heterocycles. The van der Waals surface area contributed by atoms with Gasteiger partial charge in [0.05, 0.1) is 13.2 Å². The lowest BCUT2D eigenvalue weighted by Crippen LogP contribution is -2.45. The van der Waals surface area contributed by atoms with Crippen molar-refractivity contribution in [3.63, 3.8) is 0 Å². The molecule has 1 atom stereocenters. The van der Waals surface area contributed by atoms with Crippen LogP contribution in [0.2, 0.25) is 5.02 Å². The molecule has 5 nitrogen and oxygen atoms in total. The Morgan fingerprint density at radius 3 is 2.72 bits per heavy atom. The molecule has 1 fully saturated rings. The zero-order valence-electron chi connectivity index (χ0n) is 15.5. The predicted molar refractivity (Wildman–Crippen MR) is 104 cm³/mol. The number of ether oxygens (including phenoxy) is 2. The first-order valence-electron chi connectivity index (χ1n) is 8.98. The number of guanidine groups is 1. The minimum Gasteiger partial charge on any atom is -0.383 e. The summed E-state index contributed by atoms with van der Waals surface area (Å²) in [6.45, 7) is 7.75. The van der Waals surface area contributed by atoms with Crippen LogP contribution in [0.5, 0.6) is 0 Å². The standard InChI is InChI=1S/C19H30ClN3O2/c1-4-21-18(23-15(2)13-24-3)22-14-19(9-11-25-12-10-19)16-7-5-6-8-17(16)20/h5-8,15H,4,9-14H2,1-3H3,(H2,21,22,23). The van der Waals surface area contributed by atoms with Crippen LogP contribution in [0.3, 0.4) is 0 Å². The molecule has 1 unspecified atom stereocenters. The maximum Gasteiger partial charge on any atom is 0.191 e. The zero-order valence-corrected chi connectivity index (χ0v) is 16.2. The zero-order chi connectivity index (χ0) is 18.1. The minimum atomic E-state index is -0.0799. The van der Waals surface area contributed by atoms with Gasteiger partial charge in [-0.1, -0.05) is 29.8 Å². The van der Waals surface area contributed by atoms with Crippen LogP contribution in [0.25, 0.3) is 0 Å². The van der Waals surface area contributed by atoms with E-state index in [1.807, 2.05) is 18.2 Å². The molecule has 0 amide bonds. The van der Waals surface area contributed by atoms with Gasteiger partial charge in [-0.15, -0.1) is 0 Å². The third kappa shape index (κ3) is 5.59. The van der Waals surface area contributed by atoms with Crippen LogP contribution in [0.4, 0.5) is 0 Å². The van der Waals surface area contributed by atoms with Gasteiger partial charge in [-0.3, -0.25) is 4.99 Å². The lowest BCUT2D eigenvalue weighted by Gasteiger charge is -2.37. The Kier molecular flexibility index (Phi) is 8.00. The molecule has 0 spiro atoms. The Morgan fingerprint density at radius 2 is 2.08 bits per heavy atom. The van der Waals surface area contributed by atoms with Crippen LogP contribution >= 0.6 is 11.6 Å². The van der Waals surface area contributed by atoms with Crippen molar-refractivity contribution < 1.29 is 9.47 Å². The first-order chi connectivity index (χ1) is 12.1. The van der Waals surface area contributed by atoms with E-state index in [2.05, 4.69) is 30.5 Å². The van der Waals surface area contributed by atoms with Crippen LogP contribution in [0.1, 0.15) is 32.3 Å². The Labute approximate surface area is 156 Å². The van der Waals surface area contributed by atoms with E-state index in [0.29, 0.717) is 13.2 Å². The highest BCUT2D eigenvalue weighted by molar-refractivity contribution is 6.31. The largest absolute Gasteiger partial charge is 0.383 e. The molecule has 2 N–H and O–H groups in total. The summed E-state index contributed by atoms with van der Waals surface area (Å²) in [6.07, 6.45) is 1.85. The molecule has 2 rings (SSSR count). The summed E-state index contributed by atoms with van der Waals surface area (Å²) in [5, 5.41) is 7.52. The second-order valence-electron chi connectivity index (χ2n) is 6.57. The molecule has 140 valence electrons. The van der Waals surface area contributed by atoms with E-state index < -0.39 is 0 Å². The summed E-state index contributed by atoms with van der Waals surface area (Å²) in [4.78, 5) is 4.87. The normalized spacial score (nSPS) is 18.6. The van der Waals surface area contributed by atoms with E-state index in [1.54, 1.807) is 7.11 Å². The molecule has 25 heavy (non-hydrogen) atoms. The summed E-state index contributed by atoms with van der Waals surface area (Å²) in [6, 6.07) is 8.29. The number of benzene rings is 1. The number of hydrogen-bond donors (Lipinski definition) is 2. The monoisotopic (exact) mass is 367 g/mol. The van der Waals surface area contributed by atoms with Gasteiger partial charge in [0.1, 0.15) is 0 Å². The SMILES string of the molecule is CCNC(=NCC1(c2ccccc2Cl)CCOCC1)NC(C)COC. The van der Waals surface area contributed by atoms with Gasteiger partial charge in [-0.25, -0.2) is 0 Å². The quantitative estimate of drug-likeness (QED) is 0.574. The summed E-state index contributed by atoms with van der Waals surface area (Å²) in [5.74, 6) is 0.810. The number of methoxy groups -OCH3 is 1. The van der Waals surface area contributed by atoms with Crippen molar-refractivity contribution in [2.24, 2.45) is 4.99 Å². The highest BCUT2D eigenvalue weighted by atomic mass is 35.5. The van der Waals surface area contributed by atoms with E-state index in [4.69, 9.17) is 26.1 Å². The molecule has 6 heteroatoms. The van der Waals surface area contributed by atoms with Crippen LogP contribution < -0.4 is 10.6 Å². The van der Waals surface area contributed by atoms with Gasteiger partial charge in [-0.05, 0) is 38.3 Å². The molecule has 0 aliphatic carbocycles. The molecule has 0 saturated carbocycles. The summed E-state index contributed by atoms with van der Waals surface area (Å²) in [7, 11) is 1.71. The Hall–Kier alpha value is -1.30. The van der Waals surface area contributed by atoms with Crippen molar-refractivity contribution in [2.45, 2.75) is 38.1 Å². The highest BCUT2D eigenvalue weighted by Gasteiger charge is 2.36. The van der Waals surface area contributed by atoms with Gasteiger partial charge < -0.3 is 20.1 Å². The van der Waals surface area contributed by atoms with E-state index >= 15 is 0 Å². The van der Waals surface area contributed by atoms with Crippen molar-refractivity contribution in [2.75, 3.05) is 40.0 Å². The van der Waals surface area contributed by atoms with Crippen molar-refractivity contribution in [3.05, 3.63) is 34.9 Å². The third-order valence-electron chi connectivity index (χ3n) is 4.58. The fourth-order valence-corrected chi connectivity index (χ4v) is 3.58. The van der Waals surface area contributed by atoms with Crippen LogP contribution in [-0.4, -0.2) is 52.0 Å². The van der Waals surface area contributed by atoms with Gasteiger partial charge in [-0.2, -0.15) is 0 Å². The number of hydrogen-bond acceptors (Lipinski definition) is 3. The molecule has 1 aliphatic heterocycles. The van der Waals surface area contributed by atoms with Gasteiger partial charge in [0, 0.05) is 43.3 Å². The first kappa shape index (κ1) is 20.0. The summed E-state index contributed by atoms with van der Waals surface area (Å²) < 4.78 is 10.8. The van der Waals surface area contributed by atoms with E-state index in [0.717, 1.165) is 43.6 Å². The average Bonchev–Trinajstić information content (AvgIpc) is 2.61. The van der Waals surface area contributed by atoms with Crippen molar-refractivity contribution in [3.8, 4) is 0 Å². The maximum absolute atomic E-state index is 6.51. The van der Waals surface area contributed by atoms with E-state index in [9.17, 15) is 0 Å². The molecule has 1 aliphatic rings. The summed E-state index contributed by atoms with van der Waals surface area (Å²) in [5.41, 5.74) is 1.09. The van der Waals surface area contributed by atoms with Crippen molar-refractivity contribution in [1.29, 1.82) is 0 Å². The molecule has 0 bridgehead atoms. The number of halogens is 1. The van der Waals surface area contributed by atoms with Gasteiger partial charge in [0.15, 0.2) is 5.96 Å². The number of rotatable bonds is 7. The van der Waals surface area contributed by atoms with Crippen molar-refractivity contribution >= 4 is 17.6 Å². The molecule has 0 aromatic heterocycles. The molecule has 0 radical (unpaired) electrons. The molecule has 1 aromatic carbocycles. The number of aliphatic imine (C=N–C) groups is 1. The second-order valence-corrected chi connectivity index (χ2v) is 6.98. The maximum atomic E-state index is 6.51. The van der Waals surface area contributed by atoms with Crippen molar-refractivity contribution in [1.82, 2.24) is 10.6 Å². The third-order valence-corrected chi connectivity index (χ3v) is 4.91. The fourth-order valence-electron chi connectivity index (χ4n) is 3.24. The smallest absolute Gasteiger partial charge is 0.191 e. The van der Waals surface area contributed by atoms with E-state index in [1.165, 1.54) is 5.56 Å². The number of nitrogens with zero attached hydrogens (tertiary/aromatic N) is 1. The topological polar surface area (TPSA) is 54.9 Å². The minimum absolute atomic E-state index is 0.0799. The Balaban J connectivity index is 2.21. The molecular weight excluding hydrogens is 338 g/mol. The van der Waals surface area contributed by atoms with Crippen LogP contribution in [0.15, 0.2) is 29.3 Å². The molecular formula is C19H30ClN3O2. The fraction of sp³-hybridized carbons (Fsp3) is 0.632. The predicted octanol–water partition coefficient (Wildman–Crippen LogP) is 2.98. The van der Waals surface area contributed by atoms with Gasteiger partial charge in [0.25, 0.3) is 0 Å². The van der Waals surface area contributed by atoms with Crippen LogP contribution in [-0.2, 0) is 14.9 Å². The Morgan fingerprint density at radius 1 is 1.36 bits per heavy atom. The molecule has 1 aromatic rings. The lowest BCUT2D eigenvalue weighted by molar-refractivity contribution is 0.0531. The number of nitrogens with one attached hydrogen (secondary N) is 2. The molecule has 1 heterocycles. The average molecular weight is 368 g/mol. The highest BCUT2D eigenvalue weighted by Crippen LogP contribution is 2.38. The van der Waals surface area contributed by atoms with Crippen LogP contribution in [0, 0.1) is 0 Å². The van der Waals surface area contributed by atoms with E-state index in [-0.39, 0.29) is 11.5 Å².